The molecule has 6 aliphatic rings. The molecule has 0 saturated carbocycles. The number of rotatable bonds is 9. The number of piperazine rings is 3. The van der Waals surface area contributed by atoms with E-state index in [2.05, 4.69) is 52.4 Å². The molecular formula is C66H75F9N12O6S3. The van der Waals surface area contributed by atoms with Gasteiger partial charge in [-0.25, -0.2) is 43.1 Å². The number of carbonyl (C=O) groups excluding carboxylic acids is 3. The normalized spacial score (nSPS) is 26.6. The van der Waals surface area contributed by atoms with Gasteiger partial charge in [-0.1, -0.05) is 42.5 Å². The van der Waals surface area contributed by atoms with Crippen molar-refractivity contribution in [2.24, 2.45) is 17.8 Å². The average molecular weight is 1400 g/mol. The molecule has 3 unspecified atom stereocenters. The van der Waals surface area contributed by atoms with Gasteiger partial charge in [0, 0.05) is 129 Å². The third-order valence-corrected chi connectivity index (χ3v) is 24.3. The minimum atomic E-state index is -4.59. The summed E-state index contributed by atoms with van der Waals surface area (Å²) in [5, 5.41) is 0. The zero-order chi connectivity index (χ0) is 68.9. The Hall–Kier alpha value is -7.86. The van der Waals surface area contributed by atoms with Gasteiger partial charge in [-0.2, -0.15) is 26.3 Å². The fourth-order valence-electron chi connectivity index (χ4n) is 12.9. The first-order valence-corrected chi connectivity index (χ1v) is 37.6. The Morgan fingerprint density at radius 3 is 1.27 bits per heavy atom. The van der Waals surface area contributed by atoms with Gasteiger partial charge in [0.1, 0.15) is 29.1 Å². The predicted molar refractivity (Wildman–Crippen MR) is 353 cm³/mol. The molecule has 0 radical (unpaired) electrons. The molecule has 3 amide bonds. The van der Waals surface area contributed by atoms with Crippen molar-refractivity contribution in [2.45, 2.75) is 75.9 Å². The summed E-state index contributed by atoms with van der Waals surface area (Å²) < 4.78 is 156. The molecular weight excluding hydrogens is 1320 g/mol. The van der Waals surface area contributed by atoms with Gasteiger partial charge in [0.25, 0.3) is 0 Å². The number of hydrogen-bond acceptors (Lipinski definition) is 15. The first-order valence-electron chi connectivity index (χ1n) is 31.4. The number of benzene rings is 3. The highest BCUT2D eigenvalue weighted by Crippen LogP contribution is 2.37. The van der Waals surface area contributed by atoms with Crippen LogP contribution in [0.4, 0.5) is 57.1 Å². The van der Waals surface area contributed by atoms with Crippen LogP contribution in [0.25, 0.3) is 0 Å². The molecule has 9 heterocycles. The van der Waals surface area contributed by atoms with Gasteiger partial charge in [0.2, 0.25) is 23.7 Å². The quantitative estimate of drug-likeness (QED) is 0.0982. The first-order chi connectivity index (χ1) is 45.4. The van der Waals surface area contributed by atoms with Crippen LogP contribution in [0.1, 0.15) is 90.3 Å². The van der Waals surface area contributed by atoms with Gasteiger partial charge < -0.3 is 29.4 Å². The van der Waals surface area contributed by atoms with Gasteiger partial charge in [0.15, 0.2) is 11.4 Å². The summed E-state index contributed by atoms with van der Waals surface area (Å²) in [7, 11) is -6.32. The fourth-order valence-corrected chi connectivity index (χ4v) is 17.8. The molecule has 6 aromatic rings. The summed E-state index contributed by atoms with van der Waals surface area (Å²) in [5.41, 5.74) is 0.614. The molecule has 6 saturated heterocycles. The van der Waals surface area contributed by atoms with Crippen LogP contribution in [0.3, 0.4) is 0 Å². The van der Waals surface area contributed by atoms with Crippen molar-refractivity contribution in [3.05, 3.63) is 161 Å². The van der Waals surface area contributed by atoms with Crippen LogP contribution >= 0.6 is 0 Å². The summed E-state index contributed by atoms with van der Waals surface area (Å²) >= 11 is 0. The van der Waals surface area contributed by atoms with Crippen LogP contribution in [0.15, 0.2) is 110 Å². The van der Waals surface area contributed by atoms with E-state index >= 15 is 0 Å². The second-order valence-electron chi connectivity index (χ2n) is 25.1. The van der Waals surface area contributed by atoms with Crippen molar-refractivity contribution in [1.29, 1.82) is 0 Å². The number of halogens is 9. The minimum absolute atomic E-state index is 0.0858. The summed E-state index contributed by atoms with van der Waals surface area (Å²) in [4.78, 5) is 74.5. The molecule has 12 rings (SSSR count). The van der Waals surface area contributed by atoms with Crippen LogP contribution in [0.2, 0.25) is 0 Å². The highest BCUT2D eigenvalue weighted by molar-refractivity contribution is 8.00. The Balaban J connectivity index is 0.000000157. The van der Waals surface area contributed by atoms with Gasteiger partial charge >= 0.3 is 12.4 Å². The summed E-state index contributed by atoms with van der Waals surface area (Å²) in [6.45, 7) is 5.23. The molecule has 3 aromatic carbocycles. The third kappa shape index (κ3) is 17.6. The molecule has 0 bridgehead atoms. The van der Waals surface area contributed by atoms with Crippen molar-refractivity contribution >= 4 is 81.5 Å². The second-order valence-corrected chi connectivity index (χ2v) is 33.4. The zero-order valence-electron chi connectivity index (χ0n) is 52.8. The number of aryl methyl sites for hydroxylation is 1. The van der Waals surface area contributed by atoms with Crippen LogP contribution < -0.4 is 14.7 Å². The molecule has 3 aromatic heterocycles. The maximum Gasteiger partial charge on any atom is 0.434 e. The Kier molecular flexibility index (Phi) is 21.8. The maximum absolute atomic E-state index is 14.7. The molecule has 0 spiro atoms. The van der Waals surface area contributed by atoms with Crippen molar-refractivity contribution in [1.82, 2.24) is 44.6 Å². The number of nitrogens with zero attached hydrogens (tertiary/aromatic N) is 12. The molecule has 0 aliphatic carbocycles. The van der Waals surface area contributed by atoms with E-state index in [9.17, 15) is 66.5 Å². The van der Waals surface area contributed by atoms with Gasteiger partial charge in [-0.3, -0.25) is 27.0 Å². The Labute approximate surface area is 552 Å². The van der Waals surface area contributed by atoms with E-state index in [0.717, 1.165) is 23.5 Å². The second kappa shape index (κ2) is 29.5. The Morgan fingerprint density at radius 1 is 0.448 bits per heavy atom. The van der Waals surface area contributed by atoms with Crippen molar-refractivity contribution < 1.29 is 66.5 Å². The SMILES string of the molecule is C=S1(=O)CCC(C(=O)N2CCN(c3cnc(C(F)(F)F)cn3)CC2c2cccc(F)c2)CC1.C=S1(=O)CCC(C(=O)N2CCN(c3cnc(C(F)(F)F)cn3)CC2c2ccccc2F)CC1.C=S1(=O)CCC(C(=O)N2CCN(c3ncc(C)cn3)CC2c2ccc(F)cc2)CC1. The van der Waals surface area contributed by atoms with E-state index in [1.807, 2.05) is 11.8 Å². The van der Waals surface area contributed by atoms with Crippen molar-refractivity contribution in [3.63, 3.8) is 0 Å². The number of carbonyl (C=O) groups is 3. The van der Waals surface area contributed by atoms with Crippen molar-refractivity contribution in [2.75, 3.05) is 108 Å². The molecule has 6 aliphatic heterocycles. The number of alkyl halides is 6. The van der Waals surface area contributed by atoms with E-state index in [4.69, 9.17) is 0 Å². The highest BCUT2D eigenvalue weighted by Gasteiger charge is 2.42. The van der Waals surface area contributed by atoms with Gasteiger partial charge in [-0.15, -0.1) is 0 Å². The van der Waals surface area contributed by atoms with E-state index < -0.39 is 76.0 Å². The number of amides is 3. The minimum Gasteiger partial charge on any atom is -0.351 e. The van der Waals surface area contributed by atoms with Crippen LogP contribution in [-0.4, -0.2) is 186 Å². The van der Waals surface area contributed by atoms with Crippen LogP contribution in [0.5, 0.6) is 0 Å². The lowest BCUT2D eigenvalue weighted by atomic mass is 9.96. The topological polar surface area (TPSA) is 199 Å². The smallest absolute Gasteiger partial charge is 0.351 e. The van der Waals surface area contributed by atoms with Crippen molar-refractivity contribution in [3.8, 4) is 0 Å². The molecule has 3 atom stereocenters. The molecule has 30 heteroatoms. The van der Waals surface area contributed by atoms with Gasteiger partial charge in [0.05, 0.1) is 42.9 Å². The summed E-state index contributed by atoms with van der Waals surface area (Å²) in [6.07, 6.45) is 0.981. The molecule has 6 fully saturated rings. The standard InChI is InChI=1S/2C22H24F4N4O2S.C22H27FN4O2S/c1-33(32)9-5-15(6-10-33)21(31)30-8-7-29(14-18(30)16-3-2-4-17(23)11-16)20-13-27-19(12-28-20)22(24,25)26;1-33(32)10-6-15(7-11-33)21(31)30-9-8-29(14-18(30)16-4-2-3-5-17(16)23)20-13-27-19(12-28-20)22(24,25)26;1-16-13-24-22(25-14-16)26-9-10-27(20(15-26)17-3-5-19(23)6-4-17)21(28)18-7-11-30(2,29)12-8-18/h2-4,11-13,15,18H,1,5-10,14H2;2-5,12-13,15,18H,1,6-11,14H2;3-6,13-14,18,20H,2,7-12,15H2,1H3. The van der Waals surface area contributed by atoms with Gasteiger partial charge in [-0.05, 0) is 139 Å². The molecule has 96 heavy (non-hydrogen) atoms. The van der Waals surface area contributed by atoms with E-state index in [1.165, 1.54) is 30.3 Å². The lowest BCUT2D eigenvalue weighted by Gasteiger charge is -2.44. The first kappa shape index (κ1) is 70.9. The summed E-state index contributed by atoms with van der Waals surface area (Å²) in [6, 6.07) is 17.0. The number of aromatic nitrogens is 6. The van der Waals surface area contributed by atoms with E-state index in [1.54, 1.807) is 74.5 Å². The van der Waals surface area contributed by atoms with E-state index in [0.29, 0.717) is 142 Å². The van der Waals surface area contributed by atoms with Crippen LogP contribution in [-0.2, 0) is 55.3 Å². The molecule has 516 valence electrons. The number of anilines is 3. The average Bonchev–Trinajstić information content (AvgIpc) is 0.946. The zero-order valence-corrected chi connectivity index (χ0v) is 55.2. The van der Waals surface area contributed by atoms with Crippen LogP contribution in [0, 0.1) is 42.1 Å². The maximum atomic E-state index is 14.7. The molecule has 0 N–H and O–H groups in total. The predicted octanol–water partition coefficient (Wildman–Crippen LogP) is 8.74. The highest BCUT2D eigenvalue weighted by atomic mass is 32.2. The fraction of sp³-hybridized carbons (Fsp3) is 0.455. The number of hydrogen-bond donors (Lipinski definition) is 0. The van der Waals surface area contributed by atoms with E-state index in [-0.39, 0.29) is 78.6 Å². The lowest BCUT2D eigenvalue weighted by molar-refractivity contribution is -0.142. The Morgan fingerprint density at radius 2 is 0.854 bits per heavy atom. The third-order valence-electron chi connectivity index (χ3n) is 18.4. The lowest BCUT2D eigenvalue weighted by Crippen LogP contribution is -2.53. The Bertz CT molecular complexity index is 4040. The largest absolute Gasteiger partial charge is 0.434 e. The summed E-state index contributed by atoms with van der Waals surface area (Å²) in [5.74, 6) is 12.9. The molecule has 18 nitrogen and oxygen atoms in total. The monoisotopic (exact) mass is 1400 g/mol.